The van der Waals surface area contributed by atoms with Crippen molar-refractivity contribution in [2.45, 2.75) is 20.8 Å². The number of hydrogen-bond acceptors (Lipinski definition) is 3. The first-order chi connectivity index (χ1) is 12.8. The Bertz CT molecular complexity index is 1010. The molecule has 0 saturated heterocycles. The third-order valence-electron chi connectivity index (χ3n) is 4.11. The van der Waals surface area contributed by atoms with Gasteiger partial charge in [-0.2, -0.15) is 0 Å². The zero-order valence-electron chi connectivity index (χ0n) is 15.4. The van der Waals surface area contributed by atoms with Gasteiger partial charge in [0.1, 0.15) is 5.58 Å². The number of furan rings is 1. The van der Waals surface area contributed by atoms with Crippen LogP contribution in [0.4, 0.5) is 5.69 Å². The number of amides is 2. The molecule has 1 aromatic heterocycles. The van der Waals surface area contributed by atoms with E-state index >= 15 is 0 Å². The van der Waals surface area contributed by atoms with Gasteiger partial charge in [-0.3, -0.25) is 9.59 Å². The summed E-state index contributed by atoms with van der Waals surface area (Å²) in [6, 6.07) is 12.0. The van der Waals surface area contributed by atoms with Gasteiger partial charge >= 0.3 is 0 Å². The molecule has 2 aromatic carbocycles. The molecule has 0 aliphatic heterocycles. The maximum atomic E-state index is 12.5. The van der Waals surface area contributed by atoms with Gasteiger partial charge in [-0.05, 0) is 60.9 Å². The van der Waals surface area contributed by atoms with Crippen molar-refractivity contribution in [2.75, 3.05) is 11.9 Å². The molecule has 5 nitrogen and oxygen atoms in total. The van der Waals surface area contributed by atoms with Gasteiger partial charge < -0.3 is 15.1 Å². The van der Waals surface area contributed by atoms with Crippen LogP contribution in [0.5, 0.6) is 0 Å². The van der Waals surface area contributed by atoms with Gasteiger partial charge in [-0.25, -0.2) is 0 Å². The second-order valence-corrected chi connectivity index (χ2v) is 7.32. The summed E-state index contributed by atoms with van der Waals surface area (Å²) < 4.78 is 5.58. The molecular weight excluding hydrogens is 364 g/mol. The summed E-state index contributed by atoms with van der Waals surface area (Å²) in [6.07, 6.45) is 0. The molecule has 3 rings (SSSR count). The minimum atomic E-state index is -0.359. The van der Waals surface area contributed by atoms with Crippen molar-refractivity contribution in [1.82, 2.24) is 5.32 Å². The van der Waals surface area contributed by atoms with Crippen LogP contribution in [-0.4, -0.2) is 18.4 Å². The Morgan fingerprint density at radius 1 is 1.07 bits per heavy atom. The molecule has 3 aromatic rings. The molecule has 0 fully saturated rings. The van der Waals surface area contributed by atoms with Crippen molar-refractivity contribution >= 4 is 40.1 Å². The third kappa shape index (κ3) is 4.49. The molecule has 27 heavy (non-hydrogen) atoms. The van der Waals surface area contributed by atoms with E-state index in [1.165, 1.54) is 0 Å². The average Bonchev–Trinajstić information content (AvgIpc) is 3.04. The normalized spacial score (nSPS) is 11.0. The van der Waals surface area contributed by atoms with Crippen LogP contribution >= 0.6 is 11.6 Å². The van der Waals surface area contributed by atoms with Gasteiger partial charge in [0.25, 0.3) is 11.8 Å². The van der Waals surface area contributed by atoms with Crippen LogP contribution in [0.15, 0.2) is 46.9 Å². The summed E-state index contributed by atoms with van der Waals surface area (Å²) >= 11 is 5.96. The number of carbonyl (C=O) groups excluding carboxylic acids is 2. The zero-order chi connectivity index (χ0) is 19.6. The minimum absolute atomic E-state index is 0.126. The molecule has 0 aliphatic carbocycles. The highest BCUT2D eigenvalue weighted by Gasteiger charge is 2.15. The van der Waals surface area contributed by atoms with Crippen LogP contribution in [0.2, 0.25) is 5.02 Å². The quantitative estimate of drug-likeness (QED) is 0.647. The number of rotatable bonds is 5. The van der Waals surface area contributed by atoms with Gasteiger partial charge in [0.15, 0.2) is 5.76 Å². The monoisotopic (exact) mass is 384 g/mol. The van der Waals surface area contributed by atoms with E-state index in [2.05, 4.69) is 10.6 Å². The van der Waals surface area contributed by atoms with Gasteiger partial charge in [-0.15, -0.1) is 0 Å². The van der Waals surface area contributed by atoms with E-state index in [4.69, 9.17) is 16.0 Å². The number of anilines is 1. The summed E-state index contributed by atoms with van der Waals surface area (Å²) in [5, 5.41) is 7.05. The fourth-order valence-electron chi connectivity index (χ4n) is 2.65. The standard InChI is InChI=1S/C21H21ClN2O3/c1-12(2)11-23-20(25)14-4-6-17(13(3)8-14)24-21(26)19-10-15-9-16(22)5-7-18(15)27-19/h4-10,12H,11H2,1-3H3,(H,23,25)(H,24,26). The zero-order valence-corrected chi connectivity index (χ0v) is 16.2. The molecule has 2 amide bonds. The fourth-order valence-corrected chi connectivity index (χ4v) is 2.83. The molecule has 0 unspecified atom stereocenters. The van der Waals surface area contributed by atoms with Gasteiger partial charge in [0.05, 0.1) is 0 Å². The molecule has 0 spiro atoms. The van der Waals surface area contributed by atoms with Crippen molar-refractivity contribution in [3.63, 3.8) is 0 Å². The van der Waals surface area contributed by atoms with E-state index in [9.17, 15) is 9.59 Å². The van der Waals surface area contributed by atoms with Crippen LogP contribution in [0.1, 0.15) is 40.3 Å². The summed E-state index contributed by atoms with van der Waals surface area (Å²) in [5.41, 5.74) is 2.57. The van der Waals surface area contributed by atoms with Crippen LogP contribution in [0, 0.1) is 12.8 Å². The Balaban J connectivity index is 1.74. The van der Waals surface area contributed by atoms with Crippen molar-refractivity contribution in [1.29, 1.82) is 0 Å². The fraction of sp³-hybridized carbons (Fsp3) is 0.238. The molecule has 140 valence electrons. The highest BCUT2D eigenvalue weighted by Crippen LogP contribution is 2.24. The maximum absolute atomic E-state index is 12.5. The molecular formula is C21H21ClN2O3. The maximum Gasteiger partial charge on any atom is 0.291 e. The lowest BCUT2D eigenvalue weighted by atomic mass is 10.1. The van der Waals surface area contributed by atoms with E-state index in [1.54, 1.807) is 42.5 Å². The first-order valence-corrected chi connectivity index (χ1v) is 9.10. The lowest BCUT2D eigenvalue weighted by molar-refractivity contribution is 0.0948. The Morgan fingerprint density at radius 2 is 1.85 bits per heavy atom. The smallest absolute Gasteiger partial charge is 0.291 e. The van der Waals surface area contributed by atoms with Crippen LogP contribution in [-0.2, 0) is 0 Å². The predicted octanol–water partition coefficient (Wildman–Crippen LogP) is 5.03. The van der Waals surface area contributed by atoms with E-state index < -0.39 is 0 Å². The van der Waals surface area contributed by atoms with Crippen LogP contribution in [0.25, 0.3) is 11.0 Å². The van der Waals surface area contributed by atoms with E-state index in [-0.39, 0.29) is 17.6 Å². The Labute approximate surface area is 162 Å². The van der Waals surface area contributed by atoms with E-state index in [0.29, 0.717) is 34.3 Å². The number of aryl methyl sites for hydroxylation is 1. The molecule has 0 aliphatic rings. The molecule has 0 radical (unpaired) electrons. The number of nitrogens with one attached hydrogen (secondary N) is 2. The molecule has 1 heterocycles. The Kier molecular flexibility index (Phi) is 5.51. The van der Waals surface area contributed by atoms with Crippen molar-refractivity contribution in [3.05, 3.63) is 64.4 Å². The molecule has 6 heteroatoms. The van der Waals surface area contributed by atoms with Gasteiger partial charge in [-0.1, -0.05) is 25.4 Å². The van der Waals surface area contributed by atoms with E-state index in [1.807, 2.05) is 20.8 Å². The molecule has 0 bridgehead atoms. The second-order valence-electron chi connectivity index (χ2n) is 6.88. The number of benzene rings is 2. The number of fused-ring (bicyclic) bond motifs is 1. The minimum Gasteiger partial charge on any atom is -0.451 e. The Hall–Kier alpha value is -2.79. The average molecular weight is 385 g/mol. The molecule has 0 atom stereocenters. The number of carbonyl (C=O) groups is 2. The lowest BCUT2D eigenvalue weighted by Gasteiger charge is -2.11. The van der Waals surface area contributed by atoms with Crippen LogP contribution in [0.3, 0.4) is 0 Å². The van der Waals surface area contributed by atoms with Gasteiger partial charge in [0, 0.05) is 28.2 Å². The van der Waals surface area contributed by atoms with Crippen molar-refractivity contribution in [3.8, 4) is 0 Å². The van der Waals surface area contributed by atoms with Gasteiger partial charge in [0.2, 0.25) is 0 Å². The topological polar surface area (TPSA) is 71.3 Å². The summed E-state index contributed by atoms with van der Waals surface area (Å²) in [4.78, 5) is 24.7. The summed E-state index contributed by atoms with van der Waals surface area (Å²) in [7, 11) is 0. The first-order valence-electron chi connectivity index (χ1n) is 8.73. The molecule has 0 saturated carbocycles. The second kappa shape index (κ2) is 7.84. The predicted molar refractivity (Wildman–Crippen MR) is 108 cm³/mol. The first kappa shape index (κ1) is 19.0. The highest BCUT2D eigenvalue weighted by atomic mass is 35.5. The number of hydrogen-bond donors (Lipinski definition) is 2. The van der Waals surface area contributed by atoms with Crippen molar-refractivity contribution in [2.24, 2.45) is 5.92 Å². The Morgan fingerprint density at radius 3 is 2.56 bits per heavy atom. The third-order valence-corrected chi connectivity index (χ3v) is 4.34. The lowest BCUT2D eigenvalue weighted by Crippen LogP contribution is -2.27. The highest BCUT2D eigenvalue weighted by molar-refractivity contribution is 6.31. The largest absolute Gasteiger partial charge is 0.451 e. The van der Waals surface area contributed by atoms with E-state index in [0.717, 1.165) is 10.9 Å². The van der Waals surface area contributed by atoms with Crippen LogP contribution < -0.4 is 10.6 Å². The van der Waals surface area contributed by atoms with Crippen molar-refractivity contribution < 1.29 is 14.0 Å². The molecule has 2 N–H and O–H groups in total. The summed E-state index contributed by atoms with van der Waals surface area (Å²) in [6.45, 7) is 6.53. The summed E-state index contributed by atoms with van der Waals surface area (Å²) in [5.74, 6) is 0.0963. The SMILES string of the molecule is Cc1cc(C(=O)NCC(C)C)ccc1NC(=O)c1cc2cc(Cl)ccc2o1. The number of halogens is 1.